The van der Waals surface area contributed by atoms with E-state index in [-0.39, 0.29) is 17.6 Å². The summed E-state index contributed by atoms with van der Waals surface area (Å²) in [4.78, 5) is 8.12. The molecule has 0 bridgehead atoms. The van der Waals surface area contributed by atoms with Crippen molar-refractivity contribution >= 4 is 46.9 Å². The number of aromatic amines is 2. The molecule has 2 aromatic heterocycles. The van der Waals surface area contributed by atoms with Gasteiger partial charge in [-0.05, 0) is 0 Å². The Balaban J connectivity index is 2.18. The van der Waals surface area contributed by atoms with Gasteiger partial charge in [-0.25, -0.2) is 0 Å². The quantitative estimate of drug-likeness (QED) is 0.351. The number of nitrogens with two attached hydrogens (primary N) is 2. The zero-order valence-electron chi connectivity index (χ0n) is 8.63. The number of nitrogen functional groups attached to an aromatic ring is 2. The summed E-state index contributed by atoms with van der Waals surface area (Å²) >= 11 is 2.17. The number of H-pyrrole nitrogens is 2. The number of aromatic nitrogens is 6. The Bertz CT molecular complexity index is 498. The third-order valence-corrected chi connectivity index (χ3v) is 5.11. The third-order valence-electron chi connectivity index (χ3n) is 2.07. The molecule has 2 radical (unpaired) electrons. The minimum atomic E-state index is -0.789. The highest BCUT2D eigenvalue weighted by atomic mass is 127. The predicted molar refractivity (Wildman–Crippen MR) is 74.7 cm³/mol. The van der Waals surface area contributed by atoms with Gasteiger partial charge in [-0.15, -0.1) is 10.2 Å². The van der Waals surface area contributed by atoms with Crippen LogP contribution in [0.3, 0.4) is 0 Å². The fourth-order valence-electron chi connectivity index (χ4n) is 1.32. The molecule has 0 amide bonds. The summed E-state index contributed by atoms with van der Waals surface area (Å²) in [6.07, 6.45) is 0.560. The van der Waals surface area contributed by atoms with E-state index in [1.165, 1.54) is 0 Å². The second-order valence-electron chi connectivity index (χ2n) is 3.28. The van der Waals surface area contributed by atoms with Crippen LogP contribution in [0.4, 0.5) is 11.9 Å². The first kappa shape index (κ1) is 12.6. The lowest BCUT2D eigenvalue weighted by Gasteiger charge is -2.15. The average Bonchev–Trinajstić information content (AvgIpc) is 2.83. The van der Waals surface area contributed by atoms with Gasteiger partial charge < -0.3 is 11.5 Å². The van der Waals surface area contributed by atoms with Crippen molar-refractivity contribution in [2.75, 3.05) is 11.5 Å². The van der Waals surface area contributed by atoms with Crippen LogP contribution in [0.1, 0.15) is 17.3 Å². The van der Waals surface area contributed by atoms with E-state index in [2.05, 4.69) is 52.4 Å². The van der Waals surface area contributed by atoms with Gasteiger partial charge in [0, 0.05) is 12.1 Å². The molecule has 8 nitrogen and oxygen atoms in total. The van der Waals surface area contributed by atoms with Crippen molar-refractivity contribution in [2.45, 2.75) is 12.1 Å². The number of nitrogens with one attached hydrogen (secondary N) is 2. The van der Waals surface area contributed by atoms with E-state index in [4.69, 9.17) is 19.0 Å². The second-order valence-corrected chi connectivity index (χ2v) is 7.94. The van der Waals surface area contributed by atoms with Gasteiger partial charge in [0.05, 0.1) is 0 Å². The van der Waals surface area contributed by atoms with E-state index in [9.17, 15) is 0 Å². The number of nitrogens with zero attached hydrogens (tertiary/aromatic N) is 4. The molecule has 6 N–H and O–H groups in total. The van der Waals surface area contributed by atoms with Crippen molar-refractivity contribution in [3.63, 3.8) is 0 Å². The molecule has 0 aromatic carbocycles. The molecule has 17 heavy (non-hydrogen) atoms. The van der Waals surface area contributed by atoms with Gasteiger partial charge in [0.25, 0.3) is 0 Å². The SMILES string of the molecule is [B]P(I)C(Cc1nc(N)n[nH]1)c1nc(N)n[nH]1. The molecule has 2 atom stereocenters. The first-order valence-electron chi connectivity index (χ1n) is 4.60. The topological polar surface area (TPSA) is 135 Å². The highest BCUT2D eigenvalue weighted by Gasteiger charge is 2.22. The van der Waals surface area contributed by atoms with E-state index < -0.39 is 5.44 Å². The van der Waals surface area contributed by atoms with Crippen LogP contribution in [0.15, 0.2) is 0 Å². The summed E-state index contributed by atoms with van der Waals surface area (Å²) < 4.78 is 0. The summed E-state index contributed by atoms with van der Waals surface area (Å²) in [5.41, 5.74) is 10.1. The number of rotatable bonds is 4. The number of anilines is 2. The lowest BCUT2D eigenvalue weighted by atomic mass is 10.3. The van der Waals surface area contributed by atoms with Gasteiger partial charge in [-0.2, -0.15) is 9.97 Å². The molecule has 0 aliphatic heterocycles. The molecule has 0 saturated carbocycles. The fourth-order valence-corrected chi connectivity index (χ4v) is 3.40. The Morgan fingerprint density at radius 2 is 1.88 bits per heavy atom. The molecule has 2 unspecified atom stereocenters. The standard InChI is InChI=1S/C6H9BIN8P/c7-17(8)2(4-12-6(10)16-14-4)1-3-11-5(9)15-13-3/h2H,1H2,(H3,9,11,13,15)(H3,10,12,14,16). The zero-order chi connectivity index (χ0) is 12.4. The highest BCUT2D eigenvalue weighted by Crippen LogP contribution is 2.54. The molecule has 2 rings (SSSR count). The smallest absolute Gasteiger partial charge is 0.239 e. The molecule has 0 aliphatic rings. The van der Waals surface area contributed by atoms with Gasteiger partial charge in [0.15, 0.2) is 0 Å². The Morgan fingerprint density at radius 3 is 2.35 bits per heavy atom. The zero-order valence-corrected chi connectivity index (χ0v) is 11.7. The number of hydrogen-bond acceptors (Lipinski definition) is 6. The molecular formula is C6H9BIN8P. The molecule has 2 aromatic rings. The monoisotopic (exact) mass is 362 g/mol. The fraction of sp³-hybridized carbons (Fsp3) is 0.333. The minimum Gasteiger partial charge on any atom is -0.367 e. The van der Waals surface area contributed by atoms with Crippen molar-refractivity contribution in [1.82, 2.24) is 30.4 Å². The Kier molecular flexibility index (Phi) is 3.82. The van der Waals surface area contributed by atoms with Crippen LogP contribution in [0.5, 0.6) is 0 Å². The molecule has 0 saturated heterocycles. The lowest BCUT2D eigenvalue weighted by molar-refractivity contribution is 0.795. The van der Waals surface area contributed by atoms with Crippen LogP contribution in [0.2, 0.25) is 0 Å². The third kappa shape index (κ3) is 3.06. The van der Waals surface area contributed by atoms with Crippen molar-refractivity contribution < 1.29 is 0 Å². The van der Waals surface area contributed by atoms with Gasteiger partial charge in [-0.1, -0.05) is 27.5 Å². The molecule has 11 heteroatoms. The van der Waals surface area contributed by atoms with Crippen LogP contribution in [0.25, 0.3) is 0 Å². The molecule has 0 aliphatic carbocycles. The van der Waals surface area contributed by atoms with Crippen LogP contribution in [-0.2, 0) is 6.42 Å². The average molecular weight is 362 g/mol. The molecular weight excluding hydrogens is 353 g/mol. The van der Waals surface area contributed by atoms with E-state index >= 15 is 0 Å². The van der Waals surface area contributed by atoms with Crippen LogP contribution >= 0.6 is 27.5 Å². The second kappa shape index (κ2) is 5.17. The summed E-state index contributed by atoms with van der Waals surface area (Å²) in [7, 11) is 5.96. The van der Waals surface area contributed by atoms with E-state index in [1.54, 1.807) is 0 Å². The first-order chi connectivity index (χ1) is 8.06. The van der Waals surface area contributed by atoms with Crippen molar-refractivity contribution in [3.8, 4) is 0 Å². The van der Waals surface area contributed by atoms with Gasteiger partial charge in [-0.3, -0.25) is 10.2 Å². The van der Waals surface area contributed by atoms with Gasteiger partial charge >= 0.3 is 0 Å². The molecule has 2 heterocycles. The lowest BCUT2D eigenvalue weighted by Crippen LogP contribution is -2.04. The maximum Gasteiger partial charge on any atom is 0.239 e. The Hall–Kier alpha value is -0.895. The number of hydrogen-bond donors (Lipinski definition) is 4. The normalized spacial score (nSPS) is 14.6. The highest BCUT2D eigenvalue weighted by molar-refractivity contribution is 14.2. The Labute approximate surface area is 112 Å². The summed E-state index contributed by atoms with van der Waals surface area (Å²) in [6.45, 7) is 0. The predicted octanol–water partition coefficient (Wildman–Crippen LogP) is 0.286. The van der Waals surface area contributed by atoms with Crippen molar-refractivity contribution in [1.29, 1.82) is 0 Å². The largest absolute Gasteiger partial charge is 0.367 e. The molecule has 0 spiro atoms. The Morgan fingerprint density at radius 1 is 1.24 bits per heavy atom. The van der Waals surface area contributed by atoms with Crippen LogP contribution in [-0.4, -0.2) is 37.9 Å². The summed E-state index contributed by atoms with van der Waals surface area (Å²) in [6, 6.07) is 0. The molecule has 88 valence electrons. The molecule has 0 fully saturated rings. The van der Waals surface area contributed by atoms with Gasteiger partial charge in [0.1, 0.15) is 19.2 Å². The van der Waals surface area contributed by atoms with Gasteiger partial charge in [0.2, 0.25) is 11.9 Å². The van der Waals surface area contributed by atoms with Crippen molar-refractivity contribution in [2.24, 2.45) is 0 Å². The van der Waals surface area contributed by atoms with E-state index in [0.29, 0.717) is 18.1 Å². The van der Waals surface area contributed by atoms with Crippen LogP contribution < -0.4 is 11.5 Å². The van der Waals surface area contributed by atoms with E-state index in [0.717, 1.165) is 0 Å². The van der Waals surface area contributed by atoms with Crippen molar-refractivity contribution in [3.05, 3.63) is 11.6 Å². The maximum atomic E-state index is 5.96. The first-order valence-corrected chi connectivity index (χ1v) is 8.87. The summed E-state index contributed by atoms with van der Waals surface area (Å²) in [5, 5.41) is 13.1. The summed E-state index contributed by atoms with van der Waals surface area (Å²) in [5.74, 6) is 1.73. The number of halogens is 1. The minimum absolute atomic E-state index is 0.0252. The maximum absolute atomic E-state index is 5.96. The van der Waals surface area contributed by atoms with Crippen LogP contribution in [0, 0.1) is 0 Å². The van der Waals surface area contributed by atoms with E-state index in [1.807, 2.05) is 0 Å².